The van der Waals surface area contributed by atoms with Crippen molar-refractivity contribution < 1.29 is 14.3 Å². The zero-order valence-electron chi connectivity index (χ0n) is 18.2. The molecule has 162 valence electrons. The van der Waals surface area contributed by atoms with Crippen LogP contribution in [0, 0.1) is 0 Å². The van der Waals surface area contributed by atoms with Gasteiger partial charge in [0.15, 0.2) is 0 Å². The topological polar surface area (TPSA) is 47.6 Å². The van der Waals surface area contributed by atoms with Crippen molar-refractivity contribution in [3.05, 3.63) is 90.0 Å². The van der Waals surface area contributed by atoms with Crippen LogP contribution in [0.3, 0.4) is 0 Å². The van der Waals surface area contributed by atoms with E-state index >= 15 is 0 Å². The Labute approximate surface area is 185 Å². The summed E-state index contributed by atoms with van der Waals surface area (Å²) >= 11 is 0. The summed E-state index contributed by atoms with van der Waals surface area (Å²) in [6.07, 6.45) is 5.52. The second-order valence-electron chi connectivity index (χ2n) is 7.50. The van der Waals surface area contributed by atoms with E-state index in [0.717, 1.165) is 30.0 Å². The molecule has 4 heteroatoms. The number of hydrogen-bond acceptors (Lipinski definition) is 3. The van der Waals surface area contributed by atoms with E-state index < -0.39 is 0 Å². The molecule has 0 heterocycles. The van der Waals surface area contributed by atoms with Gasteiger partial charge in [-0.25, -0.2) is 0 Å². The van der Waals surface area contributed by atoms with Gasteiger partial charge in [-0.05, 0) is 48.4 Å². The summed E-state index contributed by atoms with van der Waals surface area (Å²) in [5, 5.41) is 2.93. The molecule has 0 unspecified atom stereocenters. The third-order valence-corrected chi connectivity index (χ3v) is 4.98. The Hall–Kier alpha value is -3.27. The molecule has 3 aromatic rings. The number of amides is 1. The Balaban J connectivity index is 1.46. The van der Waals surface area contributed by atoms with Crippen molar-refractivity contribution in [1.29, 1.82) is 0 Å². The Bertz CT molecular complexity index is 923. The van der Waals surface area contributed by atoms with Gasteiger partial charge in [0.25, 0.3) is 5.91 Å². The zero-order chi connectivity index (χ0) is 21.7. The van der Waals surface area contributed by atoms with Crippen LogP contribution in [-0.4, -0.2) is 19.1 Å². The predicted molar refractivity (Wildman–Crippen MR) is 126 cm³/mol. The molecule has 0 aliphatic heterocycles. The maximum absolute atomic E-state index is 12.6. The van der Waals surface area contributed by atoms with E-state index in [1.54, 1.807) is 12.1 Å². The lowest BCUT2D eigenvalue weighted by molar-refractivity contribution is 0.102. The van der Waals surface area contributed by atoms with Crippen LogP contribution in [0.15, 0.2) is 78.9 Å². The quantitative estimate of drug-likeness (QED) is 0.341. The van der Waals surface area contributed by atoms with Gasteiger partial charge in [-0.1, -0.05) is 62.6 Å². The van der Waals surface area contributed by atoms with E-state index in [1.165, 1.54) is 24.8 Å². The smallest absolute Gasteiger partial charge is 0.255 e. The zero-order valence-corrected chi connectivity index (χ0v) is 18.2. The van der Waals surface area contributed by atoms with Gasteiger partial charge >= 0.3 is 0 Å². The van der Waals surface area contributed by atoms with E-state index in [2.05, 4.69) is 24.4 Å². The molecule has 0 aliphatic carbocycles. The third-order valence-electron chi connectivity index (χ3n) is 4.98. The van der Waals surface area contributed by atoms with E-state index in [4.69, 9.17) is 9.47 Å². The van der Waals surface area contributed by atoms with Crippen molar-refractivity contribution in [1.82, 2.24) is 0 Å². The maximum Gasteiger partial charge on any atom is 0.255 e. The van der Waals surface area contributed by atoms with Crippen LogP contribution in [0.25, 0.3) is 0 Å². The molecule has 31 heavy (non-hydrogen) atoms. The van der Waals surface area contributed by atoms with Gasteiger partial charge in [0.2, 0.25) is 0 Å². The molecule has 0 aliphatic rings. The average molecular weight is 418 g/mol. The van der Waals surface area contributed by atoms with Gasteiger partial charge in [0, 0.05) is 23.7 Å². The first kappa shape index (κ1) is 22.4. The Morgan fingerprint density at radius 2 is 1.55 bits per heavy atom. The lowest BCUT2D eigenvalue weighted by Crippen LogP contribution is -2.12. The molecule has 0 atom stereocenters. The average Bonchev–Trinajstić information content (AvgIpc) is 2.80. The normalized spacial score (nSPS) is 10.5. The summed E-state index contributed by atoms with van der Waals surface area (Å²) in [5.41, 5.74) is 2.55. The third kappa shape index (κ3) is 7.82. The lowest BCUT2D eigenvalue weighted by atomic mass is 10.1. The SMILES string of the molecule is CCCCCCOc1cccc(NC(=O)c2ccc(OCCc3ccccc3)cc2)c1. The fourth-order valence-electron chi connectivity index (χ4n) is 3.22. The highest BCUT2D eigenvalue weighted by atomic mass is 16.5. The van der Waals surface area contributed by atoms with Crippen LogP contribution in [0.5, 0.6) is 11.5 Å². The van der Waals surface area contributed by atoms with Gasteiger partial charge in [-0.2, -0.15) is 0 Å². The Morgan fingerprint density at radius 3 is 2.32 bits per heavy atom. The first-order valence-electron chi connectivity index (χ1n) is 11.1. The molecule has 0 aromatic heterocycles. The summed E-state index contributed by atoms with van der Waals surface area (Å²) < 4.78 is 11.6. The van der Waals surface area contributed by atoms with E-state index in [1.807, 2.05) is 54.6 Å². The van der Waals surface area contributed by atoms with Gasteiger partial charge < -0.3 is 14.8 Å². The number of benzene rings is 3. The van der Waals surface area contributed by atoms with Gasteiger partial charge in [0.05, 0.1) is 13.2 Å². The van der Waals surface area contributed by atoms with Crippen molar-refractivity contribution in [2.45, 2.75) is 39.0 Å². The molecule has 3 rings (SSSR count). The van der Waals surface area contributed by atoms with E-state index in [0.29, 0.717) is 18.8 Å². The number of carbonyl (C=O) groups is 1. The van der Waals surface area contributed by atoms with Crippen molar-refractivity contribution in [3.8, 4) is 11.5 Å². The largest absolute Gasteiger partial charge is 0.494 e. The summed E-state index contributed by atoms with van der Waals surface area (Å²) in [4.78, 5) is 12.6. The van der Waals surface area contributed by atoms with Crippen LogP contribution >= 0.6 is 0 Å². The lowest BCUT2D eigenvalue weighted by Gasteiger charge is -2.10. The van der Waals surface area contributed by atoms with Crippen molar-refractivity contribution in [3.63, 3.8) is 0 Å². The molecule has 4 nitrogen and oxygen atoms in total. The summed E-state index contributed by atoms with van der Waals surface area (Å²) in [6, 6.07) is 25.0. The molecule has 0 bridgehead atoms. The van der Waals surface area contributed by atoms with E-state index in [9.17, 15) is 4.79 Å². The van der Waals surface area contributed by atoms with Crippen LogP contribution < -0.4 is 14.8 Å². The summed E-state index contributed by atoms with van der Waals surface area (Å²) in [7, 11) is 0. The summed E-state index contributed by atoms with van der Waals surface area (Å²) in [5.74, 6) is 1.37. The standard InChI is InChI=1S/C27H31NO3/c1-2-3-4-8-19-30-26-13-9-12-24(21-26)28-27(29)23-14-16-25(17-15-23)31-20-18-22-10-6-5-7-11-22/h5-7,9-17,21H,2-4,8,18-20H2,1H3,(H,28,29). The molecule has 1 N–H and O–H groups in total. The van der Waals surface area contributed by atoms with Gasteiger partial charge in [-0.3, -0.25) is 4.79 Å². The molecular formula is C27H31NO3. The number of ether oxygens (including phenoxy) is 2. The highest BCUT2D eigenvalue weighted by Crippen LogP contribution is 2.19. The van der Waals surface area contributed by atoms with Crippen LogP contribution in [0.4, 0.5) is 5.69 Å². The fourth-order valence-corrected chi connectivity index (χ4v) is 3.22. The molecule has 1 amide bonds. The van der Waals surface area contributed by atoms with Crippen LogP contribution in [0.1, 0.15) is 48.5 Å². The Kier molecular flexibility index (Phi) is 8.99. The molecule has 0 saturated heterocycles. The number of rotatable bonds is 12. The maximum atomic E-state index is 12.6. The van der Waals surface area contributed by atoms with E-state index in [-0.39, 0.29) is 5.91 Å². The number of unbranched alkanes of at least 4 members (excludes halogenated alkanes) is 3. The second-order valence-corrected chi connectivity index (χ2v) is 7.50. The number of hydrogen-bond donors (Lipinski definition) is 1. The predicted octanol–water partition coefficient (Wildman–Crippen LogP) is 6.52. The number of anilines is 1. The molecule has 0 fully saturated rings. The number of carbonyl (C=O) groups excluding carboxylic acids is 1. The first-order chi connectivity index (χ1) is 15.2. The minimum Gasteiger partial charge on any atom is -0.494 e. The Morgan fingerprint density at radius 1 is 0.774 bits per heavy atom. The number of nitrogens with one attached hydrogen (secondary N) is 1. The fraction of sp³-hybridized carbons (Fsp3) is 0.296. The van der Waals surface area contributed by atoms with Crippen molar-refractivity contribution in [2.75, 3.05) is 18.5 Å². The highest BCUT2D eigenvalue weighted by Gasteiger charge is 2.07. The molecule has 0 radical (unpaired) electrons. The van der Waals surface area contributed by atoms with Crippen LogP contribution in [-0.2, 0) is 6.42 Å². The second kappa shape index (κ2) is 12.4. The van der Waals surface area contributed by atoms with Crippen LogP contribution in [0.2, 0.25) is 0 Å². The monoisotopic (exact) mass is 417 g/mol. The first-order valence-corrected chi connectivity index (χ1v) is 11.1. The highest BCUT2D eigenvalue weighted by molar-refractivity contribution is 6.04. The molecule has 3 aromatic carbocycles. The van der Waals surface area contributed by atoms with Crippen molar-refractivity contribution >= 4 is 11.6 Å². The summed E-state index contributed by atoms with van der Waals surface area (Å²) in [6.45, 7) is 3.49. The minimum absolute atomic E-state index is 0.157. The molecule has 0 spiro atoms. The molecular weight excluding hydrogens is 386 g/mol. The van der Waals surface area contributed by atoms with Gasteiger partial charge in [0.1, 0.15) is 11.5 Å². The minimum atomic E-state index is -0.157. The van der Waals surface area contributed by atoms with Crippen molar-refractivity contribution in [2.24, 2.45) is 0 Å². The molecule has 0 saturated carbocycles. The van der Waals surface area contributed by atoms with Gasteiger partial charge in [-0.15, -0.1) is 0 Å².